The van der Waals surface area contributed by atoms with Crippen LogP contribution in [0.25, 0.3) is 0 Å². The number of carbonyl (C=O) groups excluding carboxylic acids is 1. The second kappa shape index (κ2) is 6.73. The Bertz CT molecular complexity index is 708. The van der Waals surface area contributed by atoms with Gasteiger partial charge in [0.15, 0.2) is 0 Å². The highest BCUT2D eigenvalue weighted by Crippen LogP contribution is 2.15. The van der Waals surface area contributed by atoms with E-state index in [9.17, 15) is 4.79 Å². The Hall–Kier alpha value is -2.58. The largest absolute Gasteiger partial charge is 0.395 e. The molecule has 2 rings (SSSR count). The van der Waals surface area contributed by atoms with Gasteiger partial charge in [0, 0.05) is 30.9 Å². The number of nitrogens with one attached hydrogen (secondary N) is 1. The Kier molecular flexibility index (Phi) is 4.75. The van der Waals surface area contributed by atoms with Gasteiger partial charge >= 0.3 is 0 Å². The summed E-state index contributed by atoms with van der Waals surface area (Å²) in [6, 6.07) is 5.55. The molecule has 0 bridgehead atoms. The van der Waals surface area contributed by atoms with Crippen molar-refractivity contribution in [3.8, 4) is 11.8 Å². The van der Waals surface area contributed by atoms with Gasteiger partial charge in [-0.15, -0.1) is 0 Å². The van der Waals surface area contributed by atoms with Crippen molar-refractivity contribution in [3.63, 3.8) is 0 Å². The van der Waals surface area contributed by atoms with Crippen LogP contribution in [0.4, 0.5) is 5.69 Å². The van der Waals surface area contributed by atoms with Gasteiger partial charge in [-0.2, -0.15) is 0 Å². The first kappa shape index (κ1) is 14.8. The summed E-state index contributed by atoms with van der Waals surface area (Å²) in [4.78, 5) is 16.0. The number of amides is 1. The summed E-state index contributed by atoms with van der Waals surface area (Å²) in [6.07, 6.45) is 3.67. The van der Waals surface area contributed by atoms with Gasteiger partial charge in [0.25, 0.3) is 5.91 Å². The molecule has 0 radical (unpaired) electrons. The first-order chi connectivity index (χ1) is 10.1. The standard InChI is InChI=1S/C16H17N3O2/c1-12-6-7-14(9-13(12)5-3-4-8-20)18-16(21)15-10-19(2)11-17-15/h6-7,9-11,20H,4,8H2,1-2H3,(H,18,21). The van der Waals surface area contributed by atoms with Crippen LogP contribution in [0.15, 0.2) is 30.7 Å². The topological polar surface area (TPSA) is 67.2 Å². The van der Waals surface area contributed by atoms with E-state index in [4.69, 9.17) is 5.11 Å². The fourth-order valence-electron chi connectivity index (χ4n) is 1.77. The fraction of sp³-hybridized carbons (Fsp3) is 0.250. The van der Waals surface area contributed by atoms with Crippen molar-refractivity contribution >= 4 is 11.6 Å². The molecule has 0 atom stereocenters. The van der Waals surface area contributed by atoms with Gasteiger partial charge in [-0.3, -0.25) is 4.79 Å². The lowest BCUT2D eigenvalue weighted by Crippen LogP contribution is -2.12. The molecule has 0 aliphatic carbocycles. The van der Waals surface area contributed by atoms with Gasteiger partial charge in [-0.05, 0) is 24.6 Å². The number of aliphatic hydroxyl groups is 1. The van der Waals surface area contributed by atoms with E-state index in [0.29, 0.717) is 17.8 Å². The molecule has 0 fully saturated rings. The molecule has 1 heterocycles. The number of hydrogen-bond donors (Lipinski definition) is 2. The number of aliphatic hydroxyl groups excluding tert-OH is 1. The number of aromatic nitrogens is 2. The Morgan fingerprint density at radius 1 is 1.48 bits per heavy atom. The van der Waals surface area contributed by atoms with E-state index < -0.39 is 0 Å². The quantitative estimate of drug-likeness (QED) is 0.843. The summed E-state index contributed by atoms with van der Waals surface area (Å²) in [6.45, 7) is 2.00. The predicted octanol–water partition coefficient (Wildman–Crippen LogP) is 1.71. The third kappa shape index (κ3) is 3.94. The van der Waals surface area contributed by atoms with Crippen LogP contribution in [0.1, 0.15) is 28.0 Å². The summed E-state index contributed by atoms with van der Waals surface area (Å²) < 4.78 is 1.72. The fourth-order valence-corrected chi connectivity index (χ4v) is 1.77. The lowest BCUT2D eigenvalue weighted by atomic mass is 10.1. The molecule has 2 N–H and O–H groups in total. The van der Waals surface area contributed by atoms with Crippen LogP contribution in [0.5, 0.6) is 0 Å². The minimum absolute atomic E-state index is 0.0438. The predicted molar refractivity (Wildman–Crippen MR) is 80.9 cm³/mol. The molecule has 0 aliphatic rings. The molecule has 1 amide bonds. The normalized spacial score (nSPS) is 9.86. The van der Waals surface area contributed by atoms with Crippen LogP contribution >= 0.6 is 0 Å². The second-order valence-electron chi connectivity index (χ2n) is 4.68. The van der Waals surface area contributed by atoms with Gasteiger partial charge in [0.05, 0.1) is 12.9 Å². The maximum absolute atomic E-state index is 12.0. The molecule has 5 nitrogen and oxygen atoms in total. The van der Waals surface area contributed by atoms with E-state index in [1.807, 2.05) is 32.2 Å². The summed E-state index contributed by atoms with van der Waals surface area (Å²) in [5, 5.41) is 11.5. The molecule has 0 saturated heterocycles. The average Bonchev–Trinajstić information content (AvgIpc) is 2.89. The lowest BCUT2D eigenvalue weighted by molar-refractivity contribution is 0.102. The molecule has 0 saturated carbocycles. The van der Waals surface area contributed by atoms with E-state index in [2.05, 4.69) is 22.1 Å². The van der Waals surface area contributed by atoms with E-state index in [1.54, 1.807) is 17.1 Å². The molecule has 21 heavy (non-hydrogen) atoms. The van der Waals surface area contributed by atoms with E-state index in [1.165, 1.54) is 0 Å². The second-order valence-corrected chi connectivity index (χ2v) is 4.68. The summed E-state index contributed by atoms with van der Waals surface area (Å²) in [5.74, 6) is 5.61. The SMILES string of the molecule is Cc1ccc(NC(=O)c2cn(C)cn2)cc1C#CCCO. The highest BCUT2D eigenvalue weighted by Gasteiger charge is 2.09. The number of rotatable bonds is 3. The Morgan fingerprint density at radius 2 is 2.29 bits per heavy atom. The molecule has 1 aromatic carbocycles. The lowest BCUT2D eigenvalue weighted by Gasteiger charge is -2.05. The summed E-state index contributed by atoms with van der Waals surface area (Å²) in [7, 11) is 1.81. The van der Waals surface area contributed by atoms with Crippen LogP contribution in [-0.4, -0.2) is 27.2 Å². The highest BCUT2D eigenvalue weighted by atomic mass is 16.2. The molecular weight excluding hydrogens is 266 g/mol. The molecule has 0 spiro atoms. The Morgan fingerprint density at radius 3 is 2.95 bits per heavy atom. The van der Waals surface area contributed by atoms with Crippen molar-refractivity contribution in [2.24, 2.45) is 7.05 Å². The number of aryl methyl sites for hydroxylation is 2. The minimum atomic E-state index is -0.256. The molecule has 108 valence electrons. The van der Waals surface area contributed by atoms with Crippen molar-refractivity contribution in [1.82, 2.24) is 9.55 Å². The number of nitrogens with zero attached hydrogens (tertiary/aromatic N) is 2. The minimum Gasteiger partial charge on any atom is -0.395 e. The summed E-state index contributed by atoms with van der Waals surface area (Å²) >= 11 is 0. The van der Waals surface area contributed by atoms with Gasteiger partial charge < -0.3 is 15.0 Å². The number of carbonyl (C=O) groups is 1. The van der Waals surface area contributed by atoms with Crippen LogP contribution in [0, 0.1) is 18.8 Å². The molecule has 5 heteroatoms. The van der Waals surface area contributed by atoms with Gasteiger partial charge in [-0.25, -0.2) is 4.98 Å². The zero-order chi connectivity index (χ0) is 15.2. The molecule has 0 unspecified atom stereocenters. The van der Waals surface area contributed by atoms with Crippen molar-refractivity contribution in [1.29, 1.82) is 0 Å². The Labute approximate surface area is 123 Å². The highest BCUT2D eigenvalue weighted by molar-refractivity contribution is 6.02. The summed E-state index contributed by atoms with van der Waals surface area (Å²) in [5.41, 5.74) is 2.90. The maximum Gasteiger partial charge on any atom is 0.275 e. The van der Waals surface area contributed by atoms with Crippen molar-refractivity contribution < 1.29 is 9.90 Å². The number of imidazole rings is 1. The average molecular weight is 283 g/mol. The van der Waals surface area contributed by atoms with E-state index >= 15 is 0 Å². The van der Waals surface area contributed by atoms with Gasteiger partial charge in [-0.1, -0.05) is 17.9 Å². The molecule has 0 aliphatic heterocycles. The van der Waals surface area contributed by atoms with Gasteiger partial charge in [0.2, 0.25) is 0 Å². The third-order valence-electron chi connectivity index (χ3n) is 2.89. The monoisotopic (exact) mass is 283 g/mol. The van der Waals surface area contributed by atoms with Crippen molar-refractivity contribution in [2.45, 2.75) is 13.3 Å². The number of benzene rings is 1. The first-order valence-corrected chi connectivity index (χ1v) is 6.60. The zero-order valence-corrected chi connectivity index (χ0v) is 12.1. The van der Waals surface area contributed by atoms with E-state index in [-0.39, 0.29) is 12.5 Å². The van der Waals surface area contributed by atoms with Crippen LogP contribution in [0.3, 0.4) is 0 Å². The van der Waals surface area contributed by atoms with Crippen molar-refractivity contribution in [3.05, 3.63) is 47.5 Å². The Balaban J connectivity index is 2.16. The van der Waals surface area contributed by atoms with E-state index in [0.717, 1.165) is 11.1 Å². The smallest absolute Gasteiger partial charge is 0.275 e. The molecule has 1 aromatic heterocycles. The van der Waals surface area contributed by atoms with Gasteiger partial charge in [0.1, 0.15) is 5.69 Å². The third-order valence-corrected chi connectivity index (χ3v) is 2.89. The van der Waals surface area contributed by atoms with Crippen molar-refractivity contribution in [2.75, 3.05) is 11.9 Å². The maximum atomic E-state index is 12.0. The first-order valence-electron chi connectivity index (χ1n) is 6.60. The molecular formula is C16H17N3O2. The number of hydrogen-bond acceptors (Lipinski definition) is 3. The van der Waals surface area contributed by atoms with Crippen LogP contribution < -0.4 is 5.32 Å². The molecule has 2 aromatic rings. The number of anilines is 1. The van der Waals surface area contributed by atoms with Crippen LogP contribution in [-0.2, 0) is 7.05 Å². The van der Waals surface area contributed by atoms with Crippen LogP contribution in [0.2, 0.25) is 0 Å². The zero-order valence-electron chi connectivity index (χ0n) is 12.1.